The summed E-state index contributed by atoms with van der Waals surface area (Å²) in [6.07, 6.45) is 8.63. The minimum absolute atomic E-state index is 0.0944. The molecule has 2 aliphatic rings. The van der Waals surface area contributed by atoms with Crippen LogP contribution >= 0.6 is 11.3 Å². The highest BCUT2D eigenvalue weighted by atomic mass is 32.1. The number of rotatable bonds is 5. The van der Waals surface area contributed by atoms with Gasteiger partial charge in [-0.15, -0.1) is 11.3 Å². The SMILES string of the molecule is CC(C)(C)OC(=O)N1CCC[C@H]1c1nc2ccc(-c3ccc(-c4ccc(-c5cnc(C6CCCC6)[nH]5)cc4)s3)cc2[nH]1. The molecule has 7 nitrogen and oxygen atoms in total. The fourth-order valence-corrected chi connectivity index (χ4v) is 7.29. The lowest BCUT2D eigenvalue weighted by Gasteiger charge is -2.27. The van der Waals surface area contributed by atoms with Gasteiger partial charge in [0.1, 0.15) is 17.2 Å². The Labute approximate surface area is 250 Å². The second-order valence-corrected chi connectivity index (χ2v) is 13.7. The van der Waals surface area contributed by atoms with Crippen LogP contribution in [0.4, 0.5) is 4.79 Å². The monoisotopic (exact) mass is 579 g/mol. The summed E-state index contributed by atoms with van der Waals surface area (Å²) in [4.78, 5) is 33.7. The lowest BCUT2D eigenvalue weighted by Crippen LogP contribution is -2.36. The number of likely N-dealkylation sites (tertiary alicyclic amines) is 1. The van der Waals surface area contributed by atoms with Crippen LogP contribution in [0.2, 0.25) is 0 Å². The number of benzene rings is 2. The Hall–Kier alpha value is -3.91. The Balaban J connectivity index is 1.08. The average Bonchev–Trinajstić information content (AvgIpc) is 3.79. The van der Waals surface area contributed by atoms with Crippen LogP contribution in [0.1, 0.15) is 82.9 Å². The zero-order valence-corrected chi connectivity index (χ0v) is 25.3. The van der Waals surface area contributed by atoms with Gasteiger partial charge in [0.15, 0.2) is 0 Å². The molecule has 0 bridgehead atoms. The Bertz CT molecular complexity index is 1720. The second-order valence-electron chi connectivity index (χ2n) is 12.6. The summed E-state index contributed by atoms with van der Waals surface area (Å²) in [7, 11) is 0. The number of hydrogen-bond acceptors (Lipinski definition) is 5. The van der Waals surface area contributed by atoms with Gasteiger partial charge in [0, 0.05) is 22.2 Å². The third kappa shape index (κ3) is 5.36. The Morgan fingerprint density at radius 1 is 0.881 bits per heavy atom. The fourth-order valence-electron chi connectivity index (χ4n) is 6.28. The Morgan fingerprint density at radius 3 is 2.36 bits per heavy atom. The summed E-state index contributed by atoms with van der Waals surface area (Å²) in [5.74, 6) is 2.55. The number of imidazole rings is 2. The van der Waals surface area contributed by atoms with Crippen molar-refractivity contribution in [2.24, 2.45) is 0 Å². The van der Waals surface area contributed by atoms with Crippen LogP contribution in [0.15, 0.2) is 60.8 Å². The van der Waals surface area contributed by atoms with Crippen molar-refractivity contribution in [2.75, 3.05) is 6.54 Å². The van der Waals surface area contributed by atoms with Crippen LogP contribution < -0.4 is 0 Å². The number of carbonyl (C=O) groups excluding carboxylic acids is 1. The summed E-state index contributed by atoms with van der Waals surface area (Å²) < 4.78 is 5.65. The number of nitrogens with zero attached hydrogens (tertiary/aromatic N) is 3. The molecule has 2 fully saturated rings. The summed E-state index contributed by atoms with van der Waals surface area (Å²) >= 11 is 1.79. The number of aromatic amines is 2. The number of aromatic nitrogens is 4. The predicted molar refractivity (Wildman–Crippen MR) is 169 cm³/mol. The first kappa shape index (κ1) is 27.0. The molecule has 42 heavy (non-hydrogen) atoms. The van der Waals surface area contributed by atoms with Gasteiger partial charge in [-0.25, -0.2) is 14.8 Å². The van der Waals surface area contributed by atoms with Gasteiger partial charge >= 0.3 is 6.09 Å². The first-order chi connectivity index (χ1) is 20.3. The standard InChI is InChI=1S/C34H37N5O2S/c1-34(2,3)41-33(40)39-18-6-9-28(39)32-36-25-15-14-24(19-26(25)37-32)30-17-16-29(42-30)22-12-10-21(11-13-22)27-20-35-31(38-27)23-7-4-5-8-23/h10-17,19-20,23,28H,4-9,18H2,1-3H3,(H,35,38)(H,36,37)/t28-/m0/s1. The molecular weight excluding hydrogens is 542 g/mol. The van der Waals surface area contributed by atoms with E-state index in [0.29, 0.717) is 12.5 Å². The minimum Gasteiger partial charge on any atom is -0.444 e. The zero-order valence-electron chi connectivity index (χ0n) is 24.4. The highest BCUT2D eigenvalue weighted by molar-refractivity contribution is 7.18. The lowest BCUT2D eigenvalue weighted by atomic mass is 10.1. The molecule has 216 valence electrons. The number of fused-ring (bicyclic) bond motifs is 1. The number of H-pyrrole nitrogens is 2. The van der Waals surface area contributed by atoms with Gasteiger partial charge in [0.05, 0.1) is 29.0 Å². The van der Waals surface area contributed by atoms with Gasteiger partial charge < -0.3 is 14.7 Å². The van der Waals surface area contributed by atoms with Crippen molar-refractivity contribution in [3.05, 3.63) is 72.4 Å². The highest BCUT2D eigenvalue weighted by Gasteiger charge is 2.35. The zero-order chi connectivity index (χ0) is 28.8. The molecule has 1 aliphatic heterocycles. The fraction of sp³-hybridized carbons (Fsp3) is 0.382. The molecule has 1 aliphatic carbocycles. The van der Waals surface area contributed by atoms with E-state index >= 15 is 0 Å². The second kappa shape index (κ2) is 10.7. The van der Waals surface area contributed by atoms with Crippen molar-refractivity contribution in [3.8, 4) is 32.1 Å². The summed E-state index contributed by atoms with van der Waals surface area (Å²) in [6.45, 7) is 6.38. The van der Waals surface area contributed by atoms with E-state index in [2.05, 4.69) is 69.5 Å². The van der Waals surface area contributed by atoms with Crippen LogP contribution in [0.3, 0.4) is 0 Å². The Morgan fingerprint density at radius 2 is 1.60 bits per heavy atom. The molecule has 7 rings (SSSR count). The number of amides is 1. The third-order valence-corrected chi connectivity index (χ3v) is 9.59. The van der Waals surface area contributed by atoms with Crippen LogP contribution in [0.5, 0.6) is 0 Å². The maximum Gasteiger partial charge on any atom is 0.410 e. The van der Waals surface area contributed by atoms with Gasteiger partial charge in [0.25, 0.3) is 0 Å². The predicted octanol–water partition coefficient (Wildman–Crippen LogP) is 9.08. The van der Waals surface area contributed by atoms with Gasteiger partial charge in [0.2, 0.25) is 0 Å². The van der Waals surface area contributed by atoms with Crippen LogP contribution in [-0.4, -0.2) is 43.1 Å². The van der Waals surface area contributed by atoms with Crippen molar-refractivity contribution in [1.82, 2.24) is 24.8 Å². The van der Waals surface area contributed by atoms with E-state index in [9.17, 15) is 4.79 Å². The first-order valence-corrected chi connectivity index (χ1v) is 15.9. The molecular formula is C34H37N5O2S. The minimum atomic E-state index is -0.521. The van der Waals surface area contributed by atoms with E-state index in [1.54, 1.807) is 11.3 Å². The molecule has 8 heteroatoms. The number of hydrogen-bond donors (Lipinski definition) is 2. The van der Waals surface area contributed by atoms with Crippen LogP contribution in [-0.2, 0) is 4.74 Å². The van der Waals surface area contributed by atoms with Gasteiger partial charge in [-0.05, 0) is 87.4 Å². The van der Waals surface area contributed by atoms with E-state index in [4.69, 9.17) is 9.72 Å². The average molecular weight is 580 g/mol. The third-order valence-electron chi connectivity index (χ3n) is 8.40. The van der Waals surface area contributed by atoms with E-state index < -0.39 is 5.60 Å². The molecule has 1 saturated heterocycles. The summed E-state index contributed by atoms with van der Waals surface area (Å²) in [6, 6.07) is 19.4. The van der Waals surface area contributed by atoms with Crippen molar-refractivity contribution < 1.29 is 9.53 Å². The Kier molecular flexibility index (Phi) is 6.89. The van der Waals surface area contributed by atoms with Gasteiger partial charge in [-0.1, -0.05) is 43.2 Å². The van der Waals surface area contributed by atoms with E-state index in [1.165, 1.54) is 46.6 Å². The molecule has 4 heterocycles. The van der Waals surface area contributed by atoms with Gasteiger partial charge in [-0.3, -0.25) is 4.90 Å². The van der Waals surface area contributed by atoms with Crippen LogP contribution in [0.25, 0.3) is 43.2 Å². The van der Waals surface area contributed by atoms with Gasteiger partial charge in [-0.2, -0.15) is 0 Å². The number of thiophene rings is 1. The first-order valence-electron chi connectivity index (χ1n) is 15.1. The quantitative estimate of drug-likeness (QED) is 0.217. The maximum absolute atomic E-state index is 12.8. The molecule has 1 amide bonds. The number of ether oxygens (including phenoxy) is 1. The molecule has 1 saturated carbocycles. The molecule has 5 aromatic rings. The summed E-state index contributed by atoms with van der Waals surface area (Å²) in [5, 5.41) is 0. The summed E-state index contributed by atoms with van der Waals surface area (Å²) in [5.41, 5.74) is 5.99. The largest absolute Gasteiger partial charge is 0.444 e. The van der Waals surface area contributed by atoms with E-state index in [0.717, 1.165) is 46.8 Å². The molecule has 1 atom stereocenters. The maximum atomic E-state index is 12.8. The molecule has 0 radical (unpaired) electrons. The van der Waals surface area contributed by atoms with Crippen molar-refractivity contribution >= 4 is 28.5 Å². The number of carbonyl (C=O) groups is 1. The lowest BCUT2D eigenvalue weighted by molar-refractivity contribution is 0.0219. The van der Waals surface area contributed by atoms with Crippen molar-refractivity contribution in [3.63, 3.8) is 0 Å². The molecule has 3 aromatic heterocycles. The van der Waals surface area contributed by atoms with Crippen molar-refractivity contribution in [1.29, 1.82) is 0 Å². The molecule has 2 aromatic carbocycles. The molecule has 2 N–H and O–H groups in total. The molecule has 0 spiro atoms. The highest BCUT2D eigenvalue weighted by Crippen LogP contribution is 2.38. The van der Waals surface area contributed by atoms with E-state index in [-0.39, 0.29) is 12.1 Å². The van der Waals surface area contributed by atoms with Crippen molar-refractivity contribution in [2.45, 2.75) is 76.9 Å². The molecule has 0 unspecified atom stereocenters. The number of nitrogens with one attached hydrogen (secondary N) is 2. The smallest absolute Gasteiger partial charge is 0.410 e. The van der Waals surface area contributed by atoms with E-state index in [1.807, 2.05) is 31.9 Å². The topological polar surface area (TPSA) is 86.9 Å². The van der Waals surface area contributed by atoms with Crippen LogP contribution in [0, 0.1) is 0 Å². The normalized spacial score (nSPS) is 17.9.